The van der Waals surface area contributed by atoms with Crippen molar-refractivity contribution in [3.05, 3.63) is 0 Å². The van der Waals surface area contributed by atoms with Gasteiger partial charge in [-0.3, -0.25) is 9.59 Å². The summed E-state index contributed by atoms with van der Waals surface area (Å²) in [7, 11) is 0. The van der Waals surface area contributed by atoms with E-state index in [-0.39, 0.29) is 23.8 Å². The van der Waals surface area contributed by atoms with Crippen molar-refractivity contribution >= 4 is 23.6 Å². The average molecular weight is 310 g/mol. The smallest absolute Gasteiger partial charge is 0.249 e. The van der Waals surface area contributed by atoms with E-state index in [9.17, 15) is 9.59 Å². The third-order valence-electron chi connectivity index (χ3n) is 4.14. The van der Waals surface area contributed by atoms with Crippen molar-refractivity contribution in [2.45, 2.75) is 52.1 Å². The molecule has 0 aromatic heterocycles. The molecule has 1 rings (SSSR count). The Hall–Kier alpha value is -1.15. The summed E-state index contributed by atoms with van der Waals surface area (Å²) in [6.45, 7) is 8.42. The molecule has 118 valence electrons. The highest BCUT2D eigenvalue weighted by atomic mass is 32.2. The molecule has 1 aliphatic rings. The molecule has 5 heteroatoms. The third kappa shape index (κ3) is 3.74. The lowest BCUT2D eigenvalue weighted by Gasteiger charge is -2.46. The Balaban J connectivity index is 2.96. The zero-order valence-electron chi connectivity index (χ0n) is 13.4. The molecule has 0 radical (unpaired) electrons. The molecule has 0 aromatic rings. The summed E-state index contributed by atoms with van der Waals surface area (Å²) in [5.41, 5.74) is -0.737. The van der Waals surface area contributed by atoms with Crippen LogP contribution < -0.4 is 5.32 Å². The minimum absolute atomic E-state index is 0.0322. The number of nitrogens with zero attached hydrogens (tertiary/aromatic N) is 1. The summed E-state index contributed by atoms with van der Waals surface area (Å²) in [6.07, 6.45) is 6.48. The maximum atomic E-state index is 12.9. The maximum absolute atomic E-state index is 12.9. The van der Waals surface area contributed by atoms with E-state index < -0.39 is 5.54 Å². The molecule has 2 amide bonds. The van der Waals surface area contributed by atoms with Crippen LogP contribution in [0.15, 0.2) is 0 Å². The Morgan fingerprint density at radius 1 is 1.38 bits per heavy atom. The zero-order chi connectivity index (χ0) is 16.0. The lowest BCUT2D eigenvalue weighted by molar-refractivity contribution is -0.157. The molecule has 0 aromatic carbocycles. The van der Waals surface area contributed by atoms with Crippen LogP contribution in [-0.4, -0.2) is 46.3 Å². The molecule has 1 fully saturated rings. The molecule has 1 saturated heterocycles. The molecular formula is C16H26N2O2S. The van der Waals surface area contributed by atoms with Gasteiger partial charge in [0.15, 0.2) is 0 Å². The number of hydrogen-bond acceptors (Lipinski definition) is 3. The number of hydrogen-bond donors (Lipinski definition) is 1. The minimum atomic E-state index is -0.737. The Labute approximate surface area is 132 Å². The Bertz CT molecular complexity index is 424. The van der Waals surface area contributed by atoms with Gasteiger partial charge in [0, 0.05) is 12.3 Å². The normalized spacial score (nSPS) is 21.3. The topological polar surface area (TPSA) is 49.4 Å². The number of terminal acetylenes is 1. The van der Waals surface area contributed by atoms with Gasteiger partial charge in [-0.1, -0.05) is 33.6 Å². The summed E-state index contributed by atoms with van der Waals surface area (Å²) in [5, 5.41) is 2.97. The first-order chi connectivity index (χ1) is 9.93. The molecule has 0 saturated carbocycles. The van der Waals surface area contributed by atoms with Crippen LogP contribution in [0.2, 0.25) is 0 Å². The van der Waals surface area contributed by atoms with Gasteiger partial charge in [-0.25, -0.2) is 0 Å². The van der Waals surface area contributed by atoms with Crippen LogP contribution in [0, 0.1) is 18.3 Å². The molecule has 1 N–H and O–H groups in total. The standard InChI is InChI=1S/C16H26N2O2S/c1-6-10-21-11-9-18-13(12(4)5)14(19)17-16(7-2,8-3)15(18)20/h1,12-13H,7-11H2,2-5H3,(H,17,19). The Kier molecular flexibility index (Phi) is 6.60. The zero-order valence-corrected chi connectivity index (χ0v) is 14.3. The number of thioether (sulfide) groups is 1. The molecule has 0 spiro atoms. The Morgan fingerprint density at radius 3 is 2.48 bits per heavy atom. The number of nitrogens with one attached hydrogen (secondary N) is 1. The van der Waals surface area contributed by atoms with Gasteiger partial charge in [0.05, 0.1) is 5.75 Å². The third-order valence-corrected chi connectivity index (χ3v) is 4.98. The van der Waals surface area contributed by atoms with Gasteiger partial charge < -0.3 is 10.2 Å². The van der Waals surface area contributed by atoms with Crippen molar-refractivity contribution in [3.63, 3.8) is 0 Å². The van der Waals surface area contributed by atoms with Crippen molar-refractivity contribution in [1.29, 1.82) is 0 Å². The van der Waals surface area contributed by atoms with Gasteiger partial charge in [0.25, 0.3) is 0 Å². The van der Waals surface area contributed by atoms with Crippen molar-refractivity contribution in [3.8, 4) is 12.3 Å². The Morgan fingerprint density at radius 2 is 2.00 bits per heavy atom. The summed E-state index contributed by atoms with van der Waals surface area (Å²) < 4.78 is 0. The largest absolute Gasteiger partial charge is 0.340 e. The predicted octanol–water partition coefficient (Wildman–Crippen LogP) is 1.89. The lowest BCUT2D eigenvalue weighted by Crippen LogP contribution is -2.71. The van der Waals surface area contributed by atoms with Gasteiger partial charge in [-0.2, -0.15) is 0 Å². The first-order valence-corrected chi connectivity index (χ1v) is 8.73. The van der Waals surface area contributed by atoms with Crippen LogP contribution in [0.25, 0.3) is 0 Å². The predicted molar refractivity (Wildman–Crippen MR) is 88.0 cm³/mol. The summed E-state index contributed by atoms with van der Waals surface area (Å²) in [6, 6.07) is -0.379. The quantitative estimate of drug-likeness (QED) is 0.577. The van der Waals surface area contributed by atoms with Crippen LogP contribution in [0.1, 0.15) is 40.5 Å². The minimum Gasteiger partial charge on any atom is -0.340 e. The monoisotopic (exact) mass is 310 g/mol. The molecule has 4 nitrogen and oxygen atoms in total. The van der Waals surface area contributed by atoms with E-state index in [1.807, 2.05) is 27.7 Å². The molecule has 21 heavy (non-hydrogen) atoms. The molecular weight excluding hydrogens is 284 g/mol. The summed E-state index contributed by atoms with van der Waals surface area (Å²) in [4.78, 5) is 27.1. The summed E-state index contributed by atoms with van der Waals surface area (Å²) >= 11 is 1.62. The maximum Gasteiger partial charge on any atom is 0.249 e. The fraction of sp³-hybridized carbons (Fsp3) is 0.750. The number of carbonyl (C=O) groups is 2. The second-order valence-corrected chi connectivity index (χ2v) is 6.83. The molecule has 1 atom stereocenters. The van der Waals surface area contributed by atoms with E-state index in [0.717, 1.165) is 5.75 Å². The van der Waals surface area contributed by atoms with E-state index >= 15 is 0 Å². The summed E-state index contributed by atoms with van der Waals surface area (Å²) in [5.74, 6) is 4.08. The first kappa shape index (κ1) is 17.9. The molecule has 0 bridgehead atoms. The fourth-order valence-electron chi connectivity index (χ4n) is 2.83. The van der Waals surface area contributed by atoms with E-state index in [1.165, 1.54) is 0 Å². The first-order valence-electron chi connectivity index (χ1n) is 7.57. The molecule has 1 aliphatic heterocycles. The van der Waals surface area contributed by atoms with Crippen molar-refractivity contribution in [2.75, 3.05) is 18.1 Å². The van der Waals surface area contributed by atoms with Crippen LogP contribution in [0.3, 0.4) is 0 Å². The van der Waals surface area contributed by atoms with Crippen LogP contribution >= 0.6 is 11.8 Å². The van der Waals surface area contributed by atoms with Gasteiger partial charge in [0.2, 0.25) is 11.8 Å². The number of amides is 2. The highest BCUT2D eigenvalue weighted by Gasteiger charge is 2.49. The number of piperazine rings is 1. The highest BCUT2D eigenvalue weighted by molar-refractivity contribution is 7.99. The highest BCUT2D eigenvalue weighted by Crippen LogP contribution is 2.28. The fourth-order valence-corrected chi connectivity index (χ4v) is 3.42. The molecule has 0 aliphatic carbocycles. The van der Waals surface area contributed by atoms with Crippen molar-refractivity contribution < 1.29 is 9.59 Å². The average Bonchev–Trinajstić information content (AvgIpc) is 2.46. The number of rotatable bonds is 7. The number of carbonyl (C=O) groups excluding carboxylic acids is 2. The lowest BCUT2D eigenvalue weighted by atomic mass is 9.85. The van der Waals surface area contributed by atoms with Gasteiger partial charge in [-0.15, -0.1) is 18.2 Å². The van der Waals surface area contributed by atoms with Crippen molar-refractivity contribution in [2.24, 2.45) is 5.92 Å². The van der Waals surface area contributed by atoms with Crippen LogP contribution in [-0.2, 0) is 9.59 Å². The SMILES string of the molecule is C#CCSCCN1C(=O)C(CC)(CC)NC(=O)C1C(C)C. The van der Waals surface area contributed by atoms with Crippen molar-refractivity contribution in [1.82, 2.24) is 10.2 Å². The van der Waals surface area contributed by atoms with Gasteiger partial charge in [0.1, 0.15) is 11.6 Å². The van der Waals surface area contributed by atoms with E-state index in [2.05, 4.69) is 11.2 Å². The van der Waals surface area contributed by atoms with E-state index in [1.54, 1.807) is 16.7 Å². The van der Waals surface area contributed by atoms with E-state index in [4.69, 9.17) is 6.42 Å². The molecule has 1 heterocycles. The van der Waals surface area contributed by atoms with Crippen LogP contribution in [0.5, 0.6) is 0 Å². The second-order valence-electron chi connectivity index (χ2n) is 5.72. The van der Waals surface area contributed by atoms with Gasteiger partial charge in [-0.05, 0) is 18.8 Å². The molecule has 1 unspecified atom stereocenters. The van der Waals surface area contributed by atoms with Crippen LogP contribution in [0.4, 0.5) is 0 Å². The van der Waals surface area contributed by atoms with E-state index in [0.29, 0.717) is 25.1 Å². The van der Waals surface area contributed by atoms with Gasteiger partial charge >= 0.3 is 0 Å². The second kappa shape index (κ2) is 7.74.